The van der Waals surface area contributed by atoms with Gasteiger partial charge in [0.15, 0.2) is 5.82 Å². The molecule has 1 aliphatic heterocycles. The second kappa shape index (κ2) is 5.64. The highest BCUT2D eigenvalue weighted by molar-refractivity contribution is 6.35. The minimum atomic E-state index is -0.169. The van der Waals surface area contributed by atoms with Crippen LogP contribution in [0.2, 0.25) is 5.02 Å². The average Bonchev–Trinajstić information content (AvgIpc) is 3.22. The number of imidazole rings is 1. The van der Waals surface area contributed by atoms with Crippen LogP contribution in [0.15, 0.2) is 30.3 Å². The maximum atomic E-state index is 13.0. The highest BCUT2D eigenvalue weighted by Crippen LogP contribution is 2.33. The molecule has 1 aromatic carbocycles. The molecule has 2 aromatic heterocycles. The first-order chi connectivity index (χ1) is 12.0. The van der Waals surface area contributed by atoms with Crippen LogP contribution in [0, 0.1) is 11.3 Å². The van der Waals surface area contributed by atoms with Crippen LogP contribution >= 0.6 is 11.6 Å². The molecule has 0 aliphatic carbocycles. The highest BCUT2D eigenvalue weighted by Gasteiger charge is 2.34. The number of hydrogen-bond donors (Lipinski definition) is 1. The first-order valence-electron chi connectivity index (χ1n) is 8.07. The summed E-state index contributed by atoms with van der Waals surface area (Å²) >= 11 is 6.16. The van der Waals surface area contributed by atoms with Gasteiger partial charge >= 0.3 is 0 Å². The number of halogens is 1. The van der Waals surface area contributed by atoms with Gasteiger partial charge in [-0.05, 0) is 38.1 Å². The smallest absolute Gasteiger partial charge is 0.290 e. The Labute approximate surface area is 149 Å². The molecular weight excluding hydrogens is 338 g/mol. The third-order valence-corrected chi connectivity index (χ3v) is 5.09. The summed E-state index contributed by atoms with van der Waals surface area (Å²) in [6, 6.07) is 11.2. The number of hydrogen-bond acceptors (Lipinski definition) is 3. The molecule has 0 spiro atoms. The minimum absolute atomic E-state index is 0.0211. The number of rotatable bonds is 1. The fraction of sp³-hybridized carbons (Fsp3) is 0.278. The zero-order chi connectivity index (χ0) is 17.7. The van der Waals surface area contributed by atoms with E-state index in [-0.39, 0.29) is 23.8 Å². The molecular formula is C18H16ClN5O. The molecule has 1 amide bonds. The second-order valence-electron chi connectivity index (χ2n) is 6.33. The Bertz CT molecular complexity index is 1030. The molecule has 0 radical (unpaired) electrons. The van der Waals surface area contributed by atoms with Crippen LogP contribution in [0.3, 0.4) is 0 Å². The Morgan fingerprint density at radius 1 is 1.36 bits per heavy atom. The lowest BCUT2D eigenvalue weighted by Gasteiger charge is -2.38. The van der Waals surface area contributed by atoms with Crippen LogP contribution in [0.4, 0.5) is 0 Å². The number of benzene rings is 1. The van der Waals surface area contributed by atoms with Crippen molar-refractivity contribution in [1.82, 2.24) is 19.4 Å². The Morgan fingerprint density at radius 3 is 2.88 bits per heavy atom. The molecule has 3 heterocycles. The monoisotopic (exact) mass is 353 g/mol. The van der Waals surface area contributed by atoms with Crippen molar-refractivity contribution >= 4 is 28.5 Å². The minimum Gasteiger partial charge on any atom is -0.334 e. The molecule has 0 fully saturated rings. The predicted molar refractivity (Wildman–Crippen MR) is 94.4 cm³/mol. The van der Waals surface area contributed by atoms with Crippen LogP contribution in [0.5, 0.6) is 0 Å². The first kappa shape index (κ1) is 15.7. The summed E-state index contributed by atoms with van der Waals surface area (Å²) in [5, 5.41) is 9.78. The number of fused-ring (bicyclic) bond motifs is 2. The second-order valence-corrected chi connectivity index (χ2v) is 6.74. The molecule has 0 saturated carbocycles. The van der Waals surface area contributed by atoms with E-state index >= 15 is 0 Å². The van der Waals surface area contributed by atoms with Crippen LogP contribution < -0.4 is 0 Å². The van der Waals surface area contributed by atoms with Gasteiger partial charge in [-0.2, -0.15) is 5.26 Å². The molecule has 7 heteroatoms. The molecule has 6 nitrogen and oxygen atoms in total. The van der Waals surface area contributed by atoms with E-state index in [1.54, 1.807) is 17.0 Å². The summed E-state index contributed by atoms with van der Waals surface area (Å²) in [5.41, 5.74) is 2.92. The molecule has 0 bridgehead atoms. The van der Waals surface area contributed by atoms with Gasteiger partial charge < -0.3 is 14.5 Å². The van der Waals surface area contributed by atoms with E-state index in [4.69, 9.17) is 11.6 Å². The van der Waals surface area contributed by atoms with Gasteiger partial charge in [0.05, 0.1) is 16.6 Å². The lowest BCUT2D eigenvalue weighted by molar-refractivity contribution is 0.0598. The van der Waals surface area contributed by atoms with E-state index in [0.717, 1.165) is 11.2 Å². The maximum absolute atomic E-state index is 13.0. The number of nitrogens with zero attached hydrogens (tertiary/aromatic N) is 4. The summed E-state index contributed by atoms with van der Waals surface area (Å²) in [6.45, 7) is 4.49. The van der Waals surface area contributed by atoms with Gasteiger partial charge in [0, 0.05) is 18.3 Å². The Balaban J connectivity index is 1.73. The van der Waals surface area contributed by atoms with Crippen molar-refractivity contribution in [2.45, 2.75) is 25.9 Å². The van der Waals surface area contributed by atoms with Crippen molar-refractivity contribution in [3.05, 3.63) is 52.6 Å². The fourth-order valence-corrected chi connectivity index (χ4v) is 3.78. The number of nitriles is 1. The molecule has 4 rings (SSSR count). The summed E-state index contributed by atoms with van der Waals surface area (Å²) in [5.74, 6) is 0.111. The van der Waals surface area contributed by atoms with Crippen LogP contribution in [0.1, 0.15) is 47.9 Å². The van der Waals surface area contributed by atoms with Crippen LogP contribution in [-0.2, 0) is 0 Å². The number of carbonyl (C=O) groups excluding carboxylic acids is 1. The number of nitrogens with one attached hydrogen (secondary N) is 1. The Kier molecular flexibility index (Phi) is 3.55. The van der Waals surface area contributed by atoms with Crippen molar-refractivity contribution in [2.24, 2.45) is 0 Å². The molecule has 0 saturated heterocycles. The van der Waals surface area contributed by atoms with Gasteiger partial charge in [-0.15, -0.1) is 0 Å². The van der Waals surface area contributed by atoms with Gasteiger partial charge in [-0.3, -0.25) is 4.79 Å². The van der Waals surface area contributed by atoms with Crippen molar-refractivity contribution in [1.29, 1.82) is 5.26 Å². The number of H-pyrrole nitrogens is 1. The van der Waals surface area contributed by atoms with Gasteiger partial charge in [0.1, 0.15) is 17.3 Å². The van der Waals surface area contributed by atoms with E-state index in [1.165, 1.54) is 0 Å². The Hall–Kier alpha value is -2.78. The normalized spacial score (nSPS) is 19.7. The largest absolute Gasteiger partial charge is 0.334 e. The number of carbonyl (C=O) groups is 1. The molecule has 3 aromatic rings. The molecule has 0 unspecified atom stereocenters. The van der Waals surface area contributed by atoms with Crippen molar-refractivity contribution in [2.75, 3.05) is 6.54 Å². The van der Waals surface area contributed by atoms with Gasteiger partial charge in [-0.1, -0.05) is 17.7 Å². The lowest BCUT2D eigenvalue weighted by atomic mass is 10.1. The summed E-state index contributed by atoms with van der Waals surface area (Å²) in [4.78, 5) is 22.3. The average molecular weight is 354 g/mol. The standard InChI is InChI=1S/C18H16ClN5O/c1-10-9-23(11(2)15-7-6-12(8-20)24(10)15)18(25)17-21-14-5-3-4-13(19)16(14)22-17/h3-7,10-11H,9H2,1-2H3,(H,21,22)/t10-,11+/m0/s1. The van der Waals surface area contributed by atoms with Crippen LogP contribution in [0.25, 0.3) is 11.0 Å². The quantitative estimate of drug-likeness (QED) is 0.725. The molecule has 25 heavy (non-hydrogen) atoms. The lowest BCUT2D eigenvalue weighted by Crippen LogP contribution is -2.43. The predicted octanol–water partition coefficient (Wildman–Crippen LogP) is 3.67. The molecule has 1 aliphatic rings. The van der Waals surface area contributed by atoms with E-state index in [2.05, 4.69) is 16.0 Å². The zero-order valence-electron chi connectivity index (χ0n) is 13.8. The number of para-hydroxylation sites is 1. The first-order valence-corrected chi connectivity index (χ1v) is 8.45. The van der Waals surface area contributed by atoms with E-state index in [9.17, 15) is 10.1 Å². The van der Waals surface area contributed by atoms with Gasteiger partial charge in [0.25, 0.3) is 5.91 Å². The third kappa shape index (κ3) is 2.31. The summed E-state index contributed by atoms with van der Waals surface area (Å²) in [6.07, 6.45) is 0. The van der Waals surface area contributed by atoms with Gasteiger partial charge in [-0.25, -0.2) is 4.98 Å². The molecule has 1 N–H and O–H groups in total. The van der Waals surface area contributed by atoms with Crippen molar-refractivity contribution in [3.8, 4) is 6.07 Å². The van der Waals surface area contributed by atoms with E-state index < -0.39 is 0 Å². The summed E-state index contributed by atoms with van der Waals surface area (Å²) in [7, 11) is 0. The zero-order valence-corrected chi connectivity index (χ0v) is 14.6. The third-order valence-electron chi connectivity index (χ3n) is 4.79. The van der Waals surface area contributed by atoms with Crippen LogP contribution in [-0.4, -0.2) is 31.9 Å². The maximum Gasteiger partial charge on any atom is 0.290 e. The number of aromatic nitrogens is 3. The molecule has 2 atom stereocenters. The highest BCUT2D eigenvalue weighted by atomic mass is 35.5. The van der Waals surface area contributed by atoms with E-state index in [1.807, 2.05) is 36.6 Å². The number of amides is 1. The van der Waals surface area contributed by atoms with E-state index in [0.29, 0.717) is 22.8 Å². The molecule has 126 valence electrons. The van der Waals surface area contributed by atoms with Crippen molar-refractivity contribution in [3.63, 3.8) is 0 Å². The number of aromatic amines is 1. The Morgan fingerprint density at radius 2 is 2.16 bits per heavy atom. The SMILES string of the molecule is C[C@@H]1c2ccc(C#N)n2[C@@H](C)CN1C(=O)c1nc2c(Cl)cccc2[nH]1. The van der Waals surface area contributed by atoms with Crippen molar-refractivity contribution < 1.29 is 4.79 Å². The topological polar surface area (TPSA) is 77.7 Å². The van der Waals surface area contributed by atoms with Gasteiger partial charge in [0.2, 0.25) is 0 Å². The fourth-order valence-electron chi connectivity index (χ4n) is 3.56. The summed E-state index contributed by atoms with van der Waals surface area (Å²) < 4.78 is 2.00.